The van der Waals surface area contributed by atoms with E-state index in [0.717, 1.165) is 29.3 Å². The van der Waals surface area contributed by atoms with Crippen molar-refractivity contribution in [3.63, 3.8) is 0 Å². The van der Waals surface area contributed by atoms with E-state index in [9.17, 15) is 4.79 Å². The third kappa shape index (κ3) is 4.38. The molecule has 1 aliphatic carbocycles. The fourth-order valence-electron chi connectivity index (χ4n) is 3.87. The fourth-order valence-corrected chi connectivity index (χ4v) is 4.05. The van der Waals surface area contributed by atoms with Crippen LogP contribution in [0.5, 0.6) is 0 Å². The molecule has 0 spiro atoms. The number of hydrogen-bond donors (Lipinski definition) is 3. The molecular weight excluding hydrogens is 374 g/mol. The van der Waals surface area contributed by atoms with Gasteiger partial charge in [0.2, 0.25) is 0 Å². The maximum atomic E-state index is 12.6. The minimum absolute atomic E-state index is 0.0483. The van der Waals surface area contributed by atoms with Crippen molar-refractivity contribution < 1.29 is 9.53 Å². The Bertz CT molecular complexity index is 957. The van der Waals surface area contributed by atoms with Gasteiger partial charge in [0.05, 0.1) is 6.61 Å². The molecule has 4 N–H and O–H groups in total. The summed E-state index contributed by atoms with van der Waals surface area (Å²) in [5, 5.41) is 4.64. The van der Waals surface area contributed by atoms with Gasteiger partial charge in [0.25, 0.3) is 5.91 Å². The summed E-state index contributed by atoms with van der Waals surface area (Å²) in [4.78, 5) is 15.8. The molecule has 3 atom stereocenters. The lowest BCUT2D eigenvalue weighted by Crippen LogP contribution is -2.44. The zero-order chi connectivity index (χ0) is 19.5. The number of carbonyl (C=O) groups excluding carboxylic acids is 1. The number of H-pyrrole nitrogens is 1. The molecule has 2 aromatic carbocycles. The highest BCUT2D eigenvalue weighted by Crippen LogP contribution is 2.26. The van der Waals surface area contributed by atoms with Gasteiger partial charge in [-0.3, -0.25) is 4.79 Å². The quantitative estimate of drug-likeness (QED) is 0.590. The number of nitrogens with one attached hydrogen (secondary N) is 2. The number of halogens is 1. The van der Waals surface area contributed by atoms with Crippen LogP contribution in [0.3, 0.4) is 0 Å². The molecule has 0 saturated heterocycles. The highest BCUT2D eigenvalue weighted by atomic mass is 35.5. The summed E-state index contributed by atoms with van der Waals surface area (Å²) in [5.74, 6) is 0.212. The molecule has 6 heteroatoms. The lowest BCUT2D eigenvalue weighted by molar-refractivity contribution is 0.0860. The predicted molar refractivity (Wildman–Crippen MR) is 111 cm³/mol. The Labute approximate surface area is 169 Å². The number of benzene rings is 2. The van der Waals surface area contributed by atoms with Gasteiger partial charge in [-0.15, -0.1) is 0 Å². The molecule has 0 radical (unpaired) electrons. The Kier molecular flexibility index (Phi) is 5.67. The van der Waals surface area contributed by atoms with Gasteiger partial charge >= 0.3 is 0 Å². The maximum Gasteiger partial charge on any atom is 0.268 e. The van der Waals surface area contributed by atoms with Crippen LogP contribution in [0.1, 0.15) is 28.9 Å². The molecule has 1 amide bonds. The molecule has 3 aromatic rings. The maximum absolute atomic E-state index is 12.6. The van der Waals surface area contributed by atoms with Gasteiger partial charge in [-0.05, 0) is 48.6 Å². The fraction of sp³-hybridized carbons (Fsp3) is 0.318. The van der Waals surface area contributed by atoms with E-state index in [4.69, 9.17) is 22.1 Å². The van der Waals surface area contributed by atoms with Crippen molar-refractivity contribution in [3.8, 4) is 0 Å². The van der Waals surface area contributed by atoms with Crippen LogP contribution in [-0.2, 0) is 11.3 Å². The number of rotatable bonds is 6. The van der Waals surface area contributed by atoms with E-state index in [1.165, 1.54) is 0 Å². The van der Waals surface area contributed by atoms with Crippen molar-refractivity contribution in [3.05, 3.63) is 70.9 Å². The average Bonchev–Trinajstić information content (AvgIpc) is 3.26. The van der Waals surface area contributed by atoms with Gasteiger partial charge in [-0.25, -0.2) is 0 Å². The molecule has 0 aliphatic heterocycles. The first-order valence-electron chi connectivity index (χ1n) is 9.55. The van der Waals surface area contributed by atoms with E-state index in [-0.39, 0.29) is 18.0 Å². The second-order valence-electron chi connectivity index (χ2n) is 7.50. The van der Waals surface area contributed by atoms with Gasteiger partial charge in [0, 0.05) is 34.6 Å². The highest BCUT2D eigenvalue weighted by Gasteiger charge is 2.33. The monoisotopic (exact) mass is 397 g/mol. The molecule has 4 rings (SSSR count). The lowest BCUT2D eigenvalue weighted by atomic mass is 10.1. The number of carbonyl (C=O) groups is 1. The number of ether oxygens (including phenoxy) is 1. The minimum atomic E-state index is -0.140. The third-order valence-corrected chi connectivity index (χ3v) is 5.55. The van der Waals surface area contributed by atoms with Crippen molar-refractivity contribution in [2.24, 2.45) is 11.7 Å². The second kappa shape index (κ2) is 8.35. The van der Waals surface area contributed by atoms with E-state index in [1.807, 2.05) is 36.4 Å². The van der Waals surface area contributed by atoms with E-state index in [1.54, 1.807) is 6.07 Å². The minimum Gasteiger partial charge on any atom is -0.376 e. The molecule has 1 heterocycles. The summed E-state index contributed by atoms with van der Waals surface area (Å²) in [6, 6.07) is 17.3. The van der Waals surface area contributed by atoms with Gasteiger partial charge in [-0.1, -0.05) is 41.9 Å². The van der Waals surface area contributed by atoms with Gasteiger partial charge < -0.3 is 20.8 Å². The van der Waals surface area contributed by atoms with Crippen molar-refractivity contribution in [1.82, 2.24) is 10.3 Å². The van der Waals surface area contributed by atoms with Gasteiger partial charge in [0.1, 0.15) is 5.69 Å². The summed E-state index contributed by atoms with van der Waals surface area (Å²) in [6.07, 6.45) is 1.68. The van der Waals surface area contributed by atoms with Crippen LogP contribution >= 0.6 is 11.6 Å². The van der Waals surface area contributed by atoms with Crippen LogP contribution in [0.2, 0.25) is 5.02 Å². The number of nitrogens with two attached hydrogens (primary N) is 1. The van der Waals surface area contributed by atoms with E-state index in [0.29, 0.717) is 29.8 Å². The molecular formula is C22H24ClN3O2. The number of amides is 1. The third-order valence-electron chi connectivity index (χ3n) is 5.32. The smallest absolute Gasteiger partial charge is 0.268 e. The van der Waals surface area contributed by atoms with Crippen LogP contribution in [0.25, 0.3) is 10.9 Å². The number of aromatic amines is 1. The Morgan fingerprint density at radius 2 is 2.00 bits per heavy atom. The van der Waals surface area contributed by atoms with E-state index < -0.39 is 0 Å². The molecule has 0 bridgehead atoms. The Hall–Kier alpha value is -2.34. The van der Waals surface area contributed by atoms with Crippen molar-refractivity contribution >= 4 is 28.4 Å². The number of aromatic nitrogens is 1. The Morgan fingerprint density at radius 3 is 2.82 bits per heavy atom. The van der Waals surface area contributed by atoms with Gasteiger partial charge in [0.15, 0.2) is 0 Å². The predicted octanol–water partition coefficient (Wildman–Crippen LogP) is 3.87. The van der Waals surface area contributed by atoms with Crippen LogP contribution in [-0.4, -0.2) is 29.6 Å². The van der Waals surface area contributed by atoms with Crippen LogP contribution in [0, 0.1) is 5.92 Å². The molecule has 1 aliphatic rings. The van der Waals surface area contributed by atoms with Crippen LogP contribution in [0.15, 0.2) is 54.6 Å². The number of fused-ring (bicyclic) bond motifs is 1. The Morgan fingerprint density at radius 1 is 1.18 bits per heavy atom. The first-order chi connectivity index (χ1) is 13.6. The van der Waals surface area contributed by atoms with Crippen LogP contribution in [0.4, 0.5) is 0 Å². The Balaban J connectivity index is 1.31. The number of hydrogen-bond acceptors (Lipinski definition) is 3. The van der Waals surface area contributed by atoms with Crippen molar-refractivity contribution in [2.45, 2.75) is 31.5 Å². The lowest BCUT2D eigenvalue weighted by Gasteiger charge is -2.16. The summed E-state index contributed by atoms with van der Waals surface area (Å²) < 4.78 is 5.85. The SMILES string of the molecule is N[C@@H]1CC(COCc2ccccc2)C[C@H]1NC(=O)c1cc2cc(Cl)ccc2[nH]1. The first-order valence-corrected chi connectivity index (χ1v) is 9.92. The topological polar surface area (TPSA) is 80.1 Å². The van der Waals surface area contributed by atoms with Crippen LogP contribution < -0.4 is 11.1 Å². The van der Waals surface area contributed by atoms with Gasteiger partial charge in [-0.2, -0.15) is 0 Å². The summed E-state index contributed by atoms with van der Waals surface area (Å²) in [6.45, 7) is 1.25. The molecule has 1 unspecified atom stereocenters. The highest BCUT2D eigenvalue weighted by molar-refractivity contribution is 6.31. The molecule has 1 fully saturated rings. The first kappa shape index (κ1) is 19.0. The molecule has 28 heavy (non-hydrogen) atoms. The normalized spacial score (nSPS) is 21.9. The largest absolute Gasteiger partial charge is 0.376 e. The summed E-state index contributed by atoms with van der Waals surface area (Å²) in [5.41, 5.74) is 8.84. The van der Waals surface area contributed by atoms with Crippen molar-refractivity contribution in [2.75, 3.05) is 6.61 Å². The standard InChI is InChI=1S/C22H24ClN3O2/c23-17-6-7-19-16(10-17)11-21(25-19)22(27)26-20-9-15(8-18(20)24)13-28-12-14-4-2-1-3-5-14/h1-7,10-11,15,18,20,25H,8-9,12-13,24H2,(H,26,27)/t15?,18-,20-/m1/s1. The summed E-state index contributed by atoms with van der Waals surface area (Å²) in [7, 11) is 0. The summed E-state index contributed by atoms with van der Waals surface area (Å²) >= 11 is 6.02. The van der Waals surface area contributed by atoms with E-state index >= 15 is 0 Å². The van der Waals surface area contributed by atoms with E-state index in [2.05, 4.69) is 22.4 Å². The second-order valence-corrected chi connectivity index (χ2v) is 7.93. The average molecular weight is 398 g/mol. The molecule has 1 aromatic heterocycles. The zero-order valence-corrected chi connectivity index (χ0v) is 16.3. The molecule has 146 valence electrons. The zero-order valence-electron chi connectivity index (χ0n) is 15.5. The molecule has 1 saturated carbocycles. The van der Waals surface area contributed by atoms with Crippen molar-refractivity contribution in [1.29, 1.82) is 0 Å². The molecule has 5 nitrogen and oxygen atoms in total.